The molecule has 8 heteroatoms. The molecule has 0 spiro atoms. The van der Waals surface area contributed by atoms with Crippen molar-refractivity contribution < 1.29 is 9.53 Å². The highest BCUT2D eigenvalue weighted by atomic mass is 35.5. The molecule has 0 saturated carbocycles. The number of hydrogen-bond donors (Lipinski definition) is 1. The summed E-state index contributed by atoms with van der Waals surface area (Å²) in [6, 6.07) is 13.4. The predicted molar refractivity (Wildman–Crippen MR) is 134 cm³/mol. The van der Waals surface area contributed by atoms with Crippen molar-refractivity contribution in [1.29, 1.82) is 0 Å². The molecule has 3 aromatic rings. The monoisotopic (exact) mass is 482 g/mol. The van der Waals surface area contributed by atoms with Gasteiger partial charge in [-0.1, -0.05) is 23.7 Å². The number of ether oxygens (including phenoxy) is 1. The maximum absolute atomic E-state index is 11.9. The fourth-order valence-corrected chi connectivity index (χ4v) is 5.23. The Balaban J connectivity index is 1.85. The molecule has 1 aliphatic heterocycles. The molecular weight excluding hydrogens is 456 g/mol. The van der Waals surface area contributed by atoms with E-state index in [9.17, 15) is 4.79 Å². The van der Waals surface area contributed by atoms with Crippen molar-refractivity contribution in [2.24, 2.45) is 0 Å². The van der Waals surface area contributed by atoms with Gasteiger partial charge in [0.1, 0.15) is 0 Å². The number of benzene rings is 1. The van der Waals surface area contributed by atoms with Crippen molar-refractivity contribution in [3.8, 4) is 5.69 Å². The van der Waals surface area contributed by atoms with Crippen LogP contribution in [-0.2, 0) is 9.53 Å². The van der Waals surface area contributed by atoms with Gasteiger partial charge in [0.2, 0.25) is 0 Å². The Hall–Kier alpha value is -2.90. The average molecular weight is 483 g/mol. The third-order valence-corrected chi connectivity index (χ3v) is 6.94. The second kappa shape index (κ2) is 9.53. The molecule has 0 radical (unpaired) electrons. The van der Waals surface area contributed by atoms with E-state index in [1.54, 1.807) is 6.20 Å². The number of hydrogen-bond acceptors (Lipinski definition) is 4. The third kappa shape index (κ3) is 4.35. The number of methoxy groups -OCH3 is 1. The van der Waals surface area contributed by atoms with Gasteiger partial charge in [0, 0.05) is 40.4 Å². The zero-order chi connectivity index (χ0) is 23.7. The van der Waals surface area contributed by atoms with Gasteiger partial charge in [0.15, 0.2) is 5.11 Å². The van der Waals surface area contributed by atoms with E-state index in [1.165, 1.54) is 18.2 Å². The maximum atomic E-state index is 11.9. The van der Waals surface area contributed by atoms with Gasteiger partial charge in [-0.25, -0.2) is 0 Å². The van der Waals surface area contributed by atoms with Gasteiger partial charge in [-0.2, -0.15) is 0 Å². The molecule has 2 aromatic heterocycles. The number of nitrogens with one attached hydrogen (secondary N) is 1. The van der Waals surface area contributed by atoms with Crippen molar-refractivity contribution in [1.82, 2.24) is 19.8 Å². The smallest absolute Gasteiger partial charge is 0.307 e. The van der Waals surface area contributed by atoms with Gasteiger partial charge >= 0.3 is 5.97 Å². The maximum Gasteiger partial charge on any atom is 0.307 e. The normalized spacial score (nSPS) is 17.8. The molecule has 0 amide bonds. The Morgan fingerprint density at radius 1 is 1.18 bits per heavy atom. The van der Waals surface area contributed by atoms with Gasteiger partial charge in [-0.3, -0.25) is 9.78 Å². The summed E-state index contributed by atoms with van der Waals surface area (Å²) in [5, 5.41) is 4.75. The zero-order valence-corrected chi connectivity index (χ0v) is 20.7. The van der Waals surface area contributed by atoms with Crippen LogP contribution < -0.4 is 5.32 Å². The zero-order valence-electron chi connectivity index (χ0n) is 19.1. The highest BCUT2D eigenvalue weighted by molar-refractivity contribution is 7.80. The van der Waals surface area contributed by atoms with Crippen LogP contribution in [0.15, 0.2) is 48.7 Å². The minimum absolute atomic E-state index is 0.129. The van der Waals surface area contributed by atoms with E-state index < -0.39 is 0 Å². The molecule has 0 unspecified atom stereocenters. The van der Waals surface area contributed by atoms with Gasteiger partial charge < -0.3 is 19.5 Å². The van der Waals surface area contributed by atoms with Gasteiger partial charge in [-0.05, 0) is 68.9 Å². The molecule has 1 saturated heterocycles. The molecule has 3 heterocycles. The Kier molecular flexibility index (Phi) is 6.72. The van der Waals surface area contributed by atoms with E-state index in [0.29, 0.717) is 16.7 Å². The van der Waals surface area contributed by atoms with E-state index in [0.717, 1.165) is 22.8 Å². The Bertz CT molecular complexity index is 1190. The van der Waals surface area contributed by atoms with Crippen molar-refractivity contribution in [2.45, 2.75) is 39.3 Å². The fourth-order valence-electron chi connectivity index (χ4n) is 4.72. The number of carbonyl (C=O) groups excluding carboxylic acids is 1. The number of aromatic nitrogens is 2. The molecule has 1 aliphatic rings. The highest BCUT2D eigenvalue weighted by Gasteiger charge is 2.42. The molecule has 33 heavy (non-hydrogen) atoms. The fraction of sp³-hybridized carbons (Fsp3) is 0.320. The van der Waals surface area contributed by atoms with E-state index in [-0.39, 0.29) is 24.5 Å². The number of halogens is 1. The Morgan fingerprint density at radius 3 is 2.64 bits per heavy atom. The summed E-state index contributed by atoms with van der Waals surface area (Å²) in [5.74, 6) is -0.265. The quantitative estimate of drug-likeness (QED) is 0.394. The first kappa shape index (κ1) is 23.3. The second-order valence-electron chi connectivity index (χ2n) is 8.17. The minimum atomic E-state index is -0.265. The van der Waals surface area contributed by atoms with Crippen molar-refractivity contribution in [2.75, 3.05) is 13.7 Å². The molecule has 6 nitrogen and oxygen atoms in total. The largest absolute Gasteiger partial charge is 0.469 e. The van der Waals surface area contributed by atoms with Gasteiger partial charge in [0.05, 0.1) is 31.3 Å². The third-order valence-electron chi connectivity index (χ3n) is 6.35. The summed E-state index contributed by atoms with van der Waals surface area (Å²) >= 11 is 12.0. The van der Waals surface area contributed by atoms with Gasteiger partial charge in [-0.15, -0.1) is 0 Å². The lowest BCUT2D eigenvalue weighted by atomic mass is 9.93. The number of pyridine rings is 1. The van der Waals surface area contributed by atoms with Crippen molar-refractivity contribution >= 4 is 34.9 Å². The van der Waals surface area contributed by atoms with Crippen LogP contribution in [0.4, 0.5) is 0 Å². The molecule has 2 atom stereocenters. The van der Waals surface area contributed by atoms with Crippen LogP contribution in [0.3, 0.4) is 0 Å². The van der Waals surface area contributed by atoms with Crippen LogP contribution in [0.2, 0.25) is 5.02 Å². The molecule has 0 bridgehead atoms. The lowest BCUT2D eigenvalue weighted by Crippen LogP contribution is -2.32. The summed E-state index contributed by atoms with van der Waals surface area (Å²) in [6.07, 6.45) is 2.03. The van der Waals surface area contributed by atoms with E-state index >= 15 is 0 Å². The van der Waals surface area contributed by atoms with Crippen LogP contribution in [0.25, 0.3) is 5.69 Å². The summed E-state index contributed by atoms with van der Waals surface area (Å²) in [7, 11) is 1.40. The second-order valence-corrected chi connectivity index (χ2v) is 8.99. The van der Waals surface area contributed by atoms with Crippen LogP contribution in [-0.4, -0.2) is 39.2 Å². The Labute approximate surface area is 204 Å². The van der Waals surface area contributed by atoms with E-state index in [4.69, 9.17) is 28.6 Å². The summed E-state index contributed by atoms with van der Waals surface area (Å²) in [5.41, 5.74) is 6.49. The standard InChI is InChI=1S/C25H27ClN4O2S/c1-15-16(2)30(19-9-7-8-18(26)14-19)17(3)22(15)24-23(20-10-5-6-12-27-20)28-25(33)29(24)13-11-21(31)32-4/h5-10,12,14,23-24H,11,13H2,1-4H3,(H,28,33)/t23-,24+/m1/s1. The van der Waals surface area contributed by atoms with Crippen molar-refractivity contribution in [3.63, 3.8) is 0 Å². The van der Waals surface area contributed by atoms with Crippen LogP contribution in [0.5, 0.6) is 0 Å². The Morgan fingerprint density at radius 2 is 1.97 bits per heavy atom. The molecular formula is C25H27ClN4O2S. The van der Waals surface area contributed by atoms with Crippen molar-refractivity contribution in [3.05, 3.63) is 81.9 Å². The van der Waals surface area contributed by atoms with Crippen LogP contribution >= 0.6 is 23.8 Å². The predicted octanol–water partition coefficient (Wildman–Crippen LogP) is 4.99. The first-order chi connectivity index (χ1) is 15.8. The summed E-state index contributed by atoms with van der Waals surface area (Å²) in [4.78, 5) is 18.6. The SMILES string of the molecule is COC(=O)CCN1C(=S)N[C@H](c2ccccn2)[C@@H]1c1c(C)c(C)n(-c2cccc(Cl)c2)c1C. The van der Waals surface area contributed by atoms with E-state index in [2.05, 4.69) is 46.6 Å². The van der Waals surface area contributed by atoms with Crippen LogP contribution in [0, 0.1) is 20.8 Å². The first-order valence-corrected chi connectivity index (χ1v) is 11.6. The highest BCUT2D eigenvalue weighted by Crippen LogP contribution is 2.43. The topological polar surface area (TPSA) is 59.4 Å². The lowest BCUT2D eigenvalue weighted by molar-refractivity contribution is -0.140. The number of carbonyl (C=O) groups is 1. The number of esters is 1. The molecule has 0 aliphatic carbocycles. The van der Waals surface area contributed by atoms with E-state index in [1.807, 2.05) is 36.4 Å². The number of thiocarbonyl (C=S) groups is 1. The number of rotatable bonds is 6. The molecule has 1 fully saturated rings. The number of nitrogens with zero attached hydrogens (tertiary/aromatic N) is 3. The average Bonchev–Trinajstić information content (AvgIpc) is 3.24. The molecule has 1 N–H and O–H groups in total. The van der Waals surface area contributed by atoms with Crippen LogP contribution in [0.1, 0.15) is 46.7 Å². The molecule has 1 aromatic carbocycles. The minimum Gasteiger partial charge on any atom is -0.469 e. The summed E-state index contributed by atoms with van der Waals surface area (Å²) in [6.45, 7) is 6.81. The lowest BCUT2D eigenvalue weighted by Gasteiger charge is -2.28. The first-order valence-electron chi connectivity index (χ1n) is 10.8. The van der Waals surface area contributed by atoms with Gasteiger partial charge in [0.25, 0.3) is 0 Å². The summed E-state index contributed by atoms with van der Waals surface area (Å²) < 4.78 is 7.11. The molecule has 172 valence electrons. The molecule has 4 rings (SSSR count).